The monoisotopic (exact) mass is 488 g/mol. The Morgan fingerprint density at radius 1 is 0.861 bits per heavy atom. The summed E-state index contributed by atoms with van der Waals surface area (Å²) in [5.74, 6) is 1.16. The molecule has 0 unspecified atom stereocenters. The molecule has 3 heterocycles. The predicted molar refractivity (Wildman–Crippen MR) is 136 cm³/mol. The van der Waals surface area contributed by atoms with Crippen LogP contribution in [0.2, 0.25) is 0 Å². The predicted octanol–water partition coefficient (Wildman–Crippen LogP) is 3.97. The van der Waals surface area contributed by atoms with Crippen LogP contribution < -0.4 is 9.47 Å². The Morgan fingerprint density at radius 3 is 2.19 bits per heavy atom. The molecule has 2 aromatic carbocycles. The van der Waals surface area contributed by atoms with Crippen LogP contribution in [-0.2, 0) is 0 Å². The van der Waals surface area contributed by atoms with E-state index in [1.54, 1.807) is 38.6 Å². The molecule has 8 heteroatoms. The molecule has 2 aliphatic rings. The molecular formula is C28H32N4O4. The van der Waals surface area contributed by atoms with E-state index in [9.17, 15) is 9.59 Å². The van der Waals surface area contributed by atoms with Crippen LogP contribution in [0.1, 0.15) is 45.7 Å². The minimum Gasteiger partial charge on any atom is -0.497 e. The maximum atomic E-state index is 13.4. The van der Waals surface area contributed by atoms with Gasteiger partial charge in [-0.25, -0.2) is 4.68 Å². The molecule has 5 rings (SSSR count). The van der Waals surface area contributed by atoms with E-state index in [4.69, 9.17) is 9.47 Å². The number of methoxy groups -OCH3 is 2. The lowest BCUT2D eigenvalue weighted by Gasteiger charge is -2.39. The Balaban J connectivity index is 1.24. The number of ether oxygens (including phenoxy) is 2. The summed E-state index contributed by atoms with van der Waals surface area (Å²) in [7, 11) is 3.15. The maximum Gasteiger partial charge on any atom is 0.257 e. The lowest BCUT2D eigenvalue weighted by Crippen LogP contribution is -2.44. The number of carbonyl (C=O) groups is 2. The Hall–Kier alpha value is -3.81. The Kier molecular flexibility index (Phi) is 6.43. The van der Waals surface area contributed by atoms with Gasteiger partial charge >= 0.3 is 0 Å². The van der Waals surface area contributed by atoms with Crippen LogP contribution in [0.25, 0.3) is 5.69 Å². The average molecular weight is 489 g/mol. The molecule has 188 valence electrons. The number of para-hydroxylation sites is 1. The first-order valence-corrected chi connectivity index (χ1v) is 12.4. The summed E-state index contributed by atoms with van der Waals surface area (Å²) in [5, 5.41) is 4.47. The van der Waals surface area contributed by atoms with Gasteiger partial charge in [0, 0.05) is 26.2 Å². The van der Waals surface area contributed by atoms with Gasteiger partial charge in [0.15, 0.2) is 0 Å². The van der Waals surface area contributed by atoms with Gasteiger partial charge in [-0.15, -0.1) is 0 Å². The van der Waals surface area contributed by atoms with E-state index >= 15 is 0 Å². The fourth-order valence-electron chi connectivity index (χ4n) is 5.47. The maximum absolute atomic E-state index is 13.4. The number of piperidine rings is 1. The highest BCUT2D eigenvalue weighted by Gasteiger charge is 2.43. The second kappa shape index (κ2) is 9.68. The SMILES string of the molecule is COc1ccc(OC)c(C(=O)N2CCC3(CC2)CCN(C(=O)c2cnn(-c4ccccc4)c2C)C3)c1. The van der Waals surface area contributed by atoms with Crippen molar-refractivity contribution in [3.63, 3.8) is 0 Å². The Labute approximate surface area is 211 Å². The van der Waals surface area contributed by atoms with Gasteiger partial charge in [-0.3, -0.25) is 9.59 Å². The molecule has 2 aliphatic heterocycles. The van der Waals surface area contributed by atoms with E-state index < -0.39 is 0 Å². The molecule has 1 spiro atoms. The minimum absolute atomic E-state index is 0.0335. The van der Waals surface area contributed by atoms with Crippen LogP contribution in [0.4, 0.5) is 0 Å². The number of likely N-dealkylation sites (tertiary alicyclic amines) is 2. The molecule has 3 aromatic rings. The average Bonchev–Trinajstić information content (AvgIpc) is 3.52. The van der Waals surface area contributed by atoms with Crippen molar-refractivity contribution in [1.82, 2.24) is 19.6 Å². The highest BCUT2D eigenvalue weighted by atomic mass is 16.5. The van der Waals surface area contributed by atoms with Gasteiger partial charge in [-0.2, -0.15) is 5.10 Å². The molecule has 8 nitrogen and oxygen atoms in total. The molecule has 2 saturated heterocycles. The number of amides is 2. The fourth-order valence-corrected chi connectivity index (χ4v) is 5.47. The second-order valence-corrected chi connectivity index (χ2v) is 9.73. The van der Waals surface area contributed by atoms with Gasteiger partial charge in [-0.1, -0.05) is 18.2 Å². The zero-order valence-corrected chi connectivity index (χ0v) is 21.1. The minimum atomic E-state index is -0.0459. The van der Waals surface area contributed by atoms with Gasteiger partial charge in [0.05, 0.1) is 42.9 Å². The topological polar surface area (TPSA) is 76.9 Å². The molecule has 1 aromatic heterocycles. The van der Waals surface area contributed by atoms with Crippen molar-refractivity contribution >= 4 is 11.8 Å². The molecule has 0 saturated carbocycles. The fraction of sp³-hybridized carbons (Fsp3) is 0.393. The van der Waals surface area contributed by atoms with E-state index in [-0.39, 0.29) is 17.2 Å². The molecule has 0 atom stereocenters. The van der Waals surface area contributed by atoms with Crippen LogP contribution >= 0.6 is 0 Å². The van der Waals surface area contributed by atoms with E-state index in [2.05, 4.69) is 5.10 Å². The third kappa shape index (κ3) is 4.32. The first-order chi connectivity index (χ1) is 17.4. The van der Waals surface area contributed by atoms with Crippen LogP contribution in [0, 0.1) is 12.3 Å². The van der Waals surface area contributed by atoms with Crippen LogP contribution in [0.3, 0.4) is 0 Å². The molecule has 2 fully saturated rings. The molecule has 0 bridgehead atoms. The number of carbonyl (C=O) groups excluding carboxylic acids is 2. The number of hydrogen-bond donors (Lipinski definition) is 0. The molecule has 0 radical (unpaired) electrons. The van der Waals surface area contributed by atoms with Crippen molar-refractivity contribution in [2.45, 2.75) is 26.2 Å². The van der Waals surface area contributed by atoms with Crippen LogP contribution in [-0.4, -0.2) is 71.8 Å². The van der Waals surface area contributed by atoms with Gasteiger partial charge < -0.3 is 19.3 Å². The molecule has 36 heavy (non-hydrogen) atoms. The highest BCUT2D eigenvalue weighted by Crippen LogP contribution is 2.41. The van der Waals surface area contributed by atoms with Crippen molar-refractivity contribution in [2.24, 2.45) is 5.41 Å². The third-order valence-electron chi connectivity index (χ3n) is 7.71. The number of rotatable bonds is 5. The number of nitrogens with zero attached hydrogens (tertiary/aromatic N) is 4. The van der Waals surface area contributed by atoms with Gasteiger partial charge in [0.1, 0.15) is 11.5 Å². The first-order valence-electron chi connectivity index (χ1n) is 12.4. The lowest BCUT2D eigenvalue weighted by molar-refractivity contribution is 0.0562. The van der Waals surface area contributed by atoms with Gasteiger partial charge in [0.25, 0.3) is 11.8 Å². The molecule has 0 N–H and O–H groups in total. The van der Waals surface area contributed by atoms with E-state index in [1.165, 1.54) is 0 Å². The van der Waals surface area contributed by atoms with Gasteiger partial charge in [0.2, 0.25) is 0 Å². The number of benzene rings is 2. The molecular weight excluding hydrogens is 456 g/mol. The largest absolute Gasteiger partial charge is 0.497 e. The number of hydrogen-bond acceptors (Lipinski definition) is 5. The summed E-state index contributed by atoms with van der Waals surface area (Å²) in [6.07, 6.45) is 4.38. The highest BCUT2D eigenvalue weighted by molar-refractivity contribution is 5.97. The zero-order chi connectivity index (χ0) is 25.3. The normalized spacial score (nSPS) is 16.9. The smallest absolute Gasteiger partial charge is 0.257 e. The van der Waals surface area contributed by atoms with Crippen molar-refractivity contribution in [3.05, 3.63) is 71.5 Å². The van der Waals surface area contributed by atoms with E-state index in [1.807, 2.05) is 51.7 Å². The quantitative estimate of drug-likeness (QED) is 0.543. The Morgan fingerprint density at radius 2 is 1.53 bits per heavy atom. The van der Waals surface area contributed by atoms with Crippen molar-refractivity contribution in [1.29, 1.82) is 0 Å². The summed E-state index contributed by atoms with van der Waals surface area (Å²) < 4.78 is 12.5. The van der Waals surface area contributed by atoms with E-state index in [0.717, 1.165) is 37.2 Å². The summed E-state index contributed by atoms with van der Waals surface area (Å²) in [5.41, 5.74) is 3.00. The lowest BCUT2D eigenvalue weighted by atomic mass is 9.77. The summed E-state index contributed by atoms with van der Waals surface area (Å²) >= 11 is 0. The number of aromatic nitrogens is 2. The summed E-state index contributed by atoms with van der Waals surface area (Å²) in [6.45, 7) is 4.70. The van der Waals surface area contributed by atoms with Crippen LogP contribution in [0.15, 0.2) is 54.7 Å². The molecule has 2 amide bonds. The zero-order valence-electron chi connectivity index (χ0n) is 21.1. The van der Waals surface area contributed by atoms with Gasteiger partial charge in [-0.05, 0) is 61.9 Å². The molecule has 0 aliphatic carbocycles. The summed E-state index contributed by atoms with van der Waals surface area (Å²) in [4.78, 5) is 30.5. The van der Waals surface area contributed by atoms with Crippen molar-refractivity contribution in [3.8, 4) is 17.2 Å². The second-order valence-electron chi connectivity index (χ2n) is 9.73. The summed E-state index contributed by atoms with van der Waals surface area (Å²) in [6, 6.07) is 15.1. The standard InChI is InChI=1S/C28H32N4O4/c1-20-24(18-29-32(20)21-7-5-4-6-8-21)27(34)31-16-13-28(19-31)11-14-30(15-12-28)26(33)23-17-22(35-2)9-10-25(23)36-3/h4-10,17-18H,11-16,19H2,1-3H3. The van der Waals surface area contributed by atoms with Crippen molar-refractivity contribution < 1.29 is 19.1 Å². The first kappa shape index (κ1) is 23.9. The third-order valence-corrected chi connectivity index (χ3v) is 7.71. The van der Waals surface area contributed by atoms with Crippen molar-refractivity contribution in [2.75, 3.05) is 40.4 Å². The Bertz CT molecular complexity index is 1260. The van der Waals surface area contributed by atoms with E-state index in [0.29, 0.717) is 42.3 Å². The van der Waals surface area contributed by atoms with Crippen LogP contribution in [0.5, 0.6) is 11.5 Å².